The summed E-state index contributed by atoms with van der Waals surface area (Å²) in [6.07, 6.45) is 1.33. The standard InChI is InChI=1S/C11H14N2.C2H2O4/c12-9-1-2-10-7-3-8(6-13-5-7)11(10)4-9;3-1(4)2(5)6/h1-2,4,7-8,13H,3,5-6,12H2;(H,3,4)(H,5,6). The van der Waals surface area contributed by atoms with Gasteiger partial charge >= 0.3 is 11.9 Å². The summed E-state index contributed by atoms with van der Waals surface area (Å²) in [7, 11) is 0. The van der Waals surface area contributed by atoms with Crippen LogP contribution in [0.2, 0.25) is 0 Å². The summed E-state index contributed by atoms with van der Waals surface area (Å²) in [4.78, 5) is 18.2. The second-order valence-corrected chi connectivity index (χ2v) is 4.79. The number of benzene rings is 1. The maximum Gasteiger partial charge on any atom is 0.414 e. The van der Waals surface area contributed by atoms with Gasteiger partial charge in [-0.1, -0.05) is 6.07 Å². The predicted octanol–water partition coefficient (Wildman–Crippen LogP) is 0.598. The minimum absolute atomic E-state index is 0.720. The van der Waals surface area contributed by atoms with Crippen LogP contribution in [0.5, 0.6) is 0 Å². The molecule has 5 N–H and O–H groups in total. The minimum atomic E-state index is -1.82. The number of fused-ring (bicyclic) bond motifs is 5. The number of hydrogen-bond acceptors (Lipinski definition) is 4. The third kappa shape index (κ3) is 2.85. The number of carboxylic acids is 2. The van der Waals surface area contributed by atoms with E-state index in [0.717, 1.165) is 30.6 Å². The first-order valence-corrected chi connectivity index (χ1v) is 6.05. The van der Waals surface area contributed by atoms with E-state index in [9.17, 15) is 0 Å². The Hall–Kier alpha value is -2.08. The van der Waals surface area contributed by atoms with Crippen molar-refractivity contribution in [3.8, 4) is 0 Å². The molecule has 6 heteroatoms. The molecule has 0 radical (unpaired) electrons. The summed E-state index contributed by atoms with van der Waals surface area (Å²) >= 11 is 0. The first-order chi connectivity index (χ1) is 8.99. The lowest BCUT2D eigenvalue weighted by Gasteiger charge is -2.19. The maximum absolute atomic E-state index is 9.10. The Labute approximate surface area is 110 Å². The molecule has 6 nitrogen and oxygen atoms in total. The lowest BCUT2D eigenvalue weighted by molar-refractivity contribution is -0.159. The fraction of sp³-hybridized carbons (Fsp3) is 0.385. The molecule has 2 bridgehead atoms. The molecular weight excluding hydrogens is 248 g/mol. The highest BCUT2D eigenvalue weighted by Gasteiger charge is 2.33. The number of nitrogen functional groups attached to an aromatic ring is 1. The van der Waals surface area contributed by atoms with Crippen molar-refractivity contribution in [2.75, 3.05) is 18.8 Å². The second-order valence-electron chi connectivity index (χ2n) is 4.79. The van der Waals surface area contributed by atoms with Gasteiger partial charge in [0.1, 0.15) is 0 Å². The number of carbonyl (C=O) groups is 2. The van der Waals surface area contributed by atoms with Gasteiger partial charge in [0.2, 0.25) is 0 Å². The van der Waals surface area contributed by atoms with E-state index >= 15 is 0 Å². The molecule has 19 heavy (non-hydrogen) atoms. The van der Waals surface area contributed by atoms with Crippen LogP contribution in [0.1, 0.15) is 29.4 Å². The highest BCUT2D eigenvalue weighted by Crippen LogP contribution is 2.43. The van der Waals surface area contributed by atoms with Gasteiger partial charge in [0.15, 0.2) is 0 Å². The van der Waals surface area contributed by atoms with E-state index in [1.54, 1.807) is 0 Å². The number of carboxylic acid groups (broad SMARTS) is 2. The number of rotatable bonds is 0. The molecule has 1 saturated heterocycles. The van der Waals surface area contributed by atoms with E-state index in [-0.39, 0.29) is 0 Å². The lowest BCUT2D eigenvalue weighted by Crippen LogP contribution is -2.28. The highest BCUT2D eigenvalue weighted by atomic mass is 16.4. The van der Waals surface area contributed by atoms with Gasteiger partial charge in [0.25, 0.3) is 0 Å². The third-order valence-electron chi connectivity index (χ3n) is 3.52. The normalized spacial score (nSPS) is 22.9. The Balaban J connectivity index is 0.000000192. The average Bonchev–Trinajstić information content (AvgIpc) is 2.61. The van der Waals surface area contributed by atoms with Gasteiger partial charge in [0.05, 0.1) is 0 Å². The second kappa shape index (κ2) is 5.27. The van der Waals surface area contributed by atoms with Crippen LogP contribution in [0.25, 0.3) is 0 Å². The predicted molar refractivity (Wildman–Crippen MR) is 69.1 cm³/mol. The molecule has 2 aliphatic rings. The van der Waals surface area contributed by atoms with Crippen LogP contribution in [-0.4, -0.2) is 35.2 Å². The summed E-state index contributed by atoms with van der Waals surface area (Å²) in [6.45, 7) is 2.28. The zero-order valence-corrected chi connectivity index (χ0v) is 10.3. The molecule has 1 aromatic carbocycles. The van der Waals surface area contributed by atoms with E-state index in [0.29, 0.717) is 0 Å². The molecule has 1 fully saturated rings. The molecule has 2 unspecified atom stereocenters. The third-order valence-corrected chi connectivity index (χ3v) is 3.52. The molecule has 0 amide bonds. The zero-order chi connectivity index (χ0) is 14.0. The first-order valence-electron chi connectivity index (χ1n) is 6.05. The van der Waals surface area contributed by atoms with Crippen LogP contribution >= 0.6 is 0 Å². The van der Waals surface area contributed by atoms with Crippen LogP contribution in [0, 0.1) is 0 Å². The van der Waals surface area contributed by atoms with Gasteiger partial charge in [0, 0.05) is 18.8 Å². The van der Waals surface area contributed by atoms with Crippen LogP contribution in [0.4, 0.5) is 5.69 Å². The van der Waals surface area contributed by atoms with E-state index in [1.165, 1.54) is 17.5 Å². The molecule has 0 aromatic heterocycles. The van der Waals surface area contributed by atoms with Crippen LogP contribution in [0.3, 0.4) is 0 Å². The van der Waals surface area contributed by atoms with Crippen molar-refractivity contribution in [3.63, 3.8) is 0 Å². The zero-order valence-electron chi connectivity index (χ0n) is 10.3. The summed E-state index contributed by atoms with van der Waals surface area (Å²) < 4.78 is 0. The number of anilines is 1. The van der Waals surface area contributed by atoms with Crippen molar-refractivity contribution < 1.29 is 19.8 Å². The highest BCUT2D eigenvalue weighted by molar-refractivity contribution is 6.27. The maximum atomic E-state index is 9.10. The van der Waals surface area contributed by atoms with Crippen molar-refractivity contribution in [2.24, 2.45) is 0 Å². The molecule has 0 spiro atoms. The average molecular weight is 264 g/mol. The molecule has 0 saturated carbocycles. The number of aliphatic carboxylic acids is 2. The Kier molecular flexibility index (Phi) is 3.71. The van der Waals surface area contributed by atoms with Crippen molar-refractivity contribution in [3.05, 3.63) is 29.3 Å². The largest absolute Gasteiger partial charge is 0.473 e. The van der Waals surface area contributed by atoms with Crippen LogP contribution in [-0.2, 0) is 9.59 Å². The number of nitrogens with two attached hydrogens (primary N) is 1. The lowest BCUT2D eigenvalue weighted by atomic mass is 9.98. The summed E-state index contributed by atoms with van der Waals surface area (Å²) in [5.41, 5.74) is 9.73. The van der Waals surface area contributed by atoms with E-state index in [4.69, 9.17) is 25.5 Å². The van der Waals surface area contributed by atoms with Crippen molar-refractivity contribution in [2.45, 2.75) is 18.3 Å². The Morgan fingerprint density at radius 1 is 1.11 bits per heavy atom. The summed E-state index contributed by atoms with van der Waals surface area (Å²) in [5.74, 6) is -2.18. The smallest absolute Gasteiger partial charge is 0.414 e. The van der Waals surface area contributed by atoms with Gasteiger partial charge in [-0.05, 0) is 41.5 Å². The monoisotopic (exact) mass is 264 g/mol. The van der Waals surface area contributed by atoms with Gasteiger partial charge in [-0.2, -0.15) is 0 Å². The molecule has 1 aliphatic heterocycles. The van der Waals surface area contributed by atoms with E-state index in [2.05, 4.69) is 17.4 Å². The number of hydrogen-bond donors (Lipinski definition) is 4. The number of piperidine rings is 1. The summed E-state index contributed by atoms with van der Waals surface area (Å²) in [6, 6.07) is 6.40. The number of nitrogens with one attached hydrogen (secondary N) is 1. The molecule has 1 heterocycles. The minimum Gasteiger partial charge on any atom is -0.473 e. The summed E-state index contributed by atoms with van der Waals surface area (Å²) in [5, 5.41) is 18.3. The fourth-order valence-electron chi connectivity index (χ4n) is 2.73. The van der Waals surface area contributed by atoms with Crippen LogP contribution in [0.15, 0.2) is 18.2 Å². The topological polar surface area (TPSA) is 113 Å². The van der Waals surface area contributed by atoms with Crippen molar-refractivity contribution in [1.82, 2.24) is 5.32 Å². The molecule has 3 rings (SSSR count). The van der Waals surface area contributed by atoms with Gasteiger partial charge in [-0.3, -0.25) is 0 Å². The van der Waals surface area contributed by atoms with Crippen LogP contribution < -0.4 is 11.1 Å². The first kappa shape index (κ1) is 13.4. The van der Waals surface area contributed by atoms with Crippen molar-refractivity contribution >= 4 is 17.6 Å². The quantitative estimate of drug-likeness (QED) is 0.403. The van der Waals surface area contributed by atoms with Gasteiger partial charge in [-0.15, -0.1) is 0 Å². The Morgan fingerprint density at radius 3 is 2.26 bits per heavy atom. The Bertz CT molecular complexity index is 503. The molecule has 1 aromatic rings. The van der Waals surface area contributed by atoms with E-state index in [1.807, 2.05) is 6.07 Å². The SMILES string of the molecule is Nc1ccc2c(c1)C1CNCC2C1.O=C(O)C(=O)O. The molecule has 102 valence electrons. The van der Waals surface area contributed by atoms with E-state index < -0.39 is 11.9 Å². The van der Waals surface area contributed by atoms with Gasteiger partial charge < -0.3 is 21.3 Å². The Morgan fingerprint density at radius 2 is 1.68 bits per heavy atom. The molecular formula is C13H16N2O4. The van der Waals surface area contributed by atoms with Gasteiger partial charge in [-0.25, -0.2) is 9.59 Å². The molecule has 2 atom stereocenters. The molecule has 1 aliphatic carbocycles. The van der Waals surface area contributed by atoms with Crippen molar-refractivity contribution in [1.29, 1.82) is 0 Å². The fourth-order valence-corrected chi connectivity index (χ4v) is 2.73.